The smallest absolute Gasteiger partial charge is 0.414 e. The minimum atomic E-state index is -0.551. The molecule has 15 heavy (non-hydrogen) atoms. The van der Waals surface area contributed by atoms with Crippen molar-refractivity contribution in [2.24, 2.45) is 4.99 Å². The largest absolute Gasteiger partial charge is 0.522 e. The summed E-state index contributed by atoms with van der Waals surface area (Å²) in [5.41, 5.74) is -0.551. The normalized spacial score (nSPS) is 26.5. The molecule has 0 aromatic heterocycles. The highest BCUT2D eigenvalue weighted by Gasteiger charge is 2.46. The third-order valence-electron chi connectivity index (χ3n) is 2.25. The molecule has 84 valence electrons. The predicted molar refractivity (Wildman–Crippen MR) is 55.4 cm³/mol. The summed E-state index contributed by atoms with van der Waals surface area (Å²) in [4.78, 5) is 26.7. The van der Waals surface area contributed by atoms with Gasteiger partial charge in [-0.25, -0.2) is 0 Å². The van der Waals surface area contributed by atoms with E-state index in [0.29, 0.717) is 5.84 Å². The number of amides is 2. The van der Waals surface area contributed by atoms with Crippen LogP contribution in [-0.4, -0.2) is 41.5 Å². The Balaban J connectivity index is 2.85. The van der Waals surface area contributed by atoms with Crippen molar-refractivity contribution in [1.29, 1.82) is 0 Å². The molecule has 1 heterocycles. The summed E-state index contributed by atoms with van der Waals surface area (Å²) in [7, 11) is 1.64. The van der Waals surface area contributed by atoms with Crippen LogP contribution in [0, 0.1) is 0 Å². The van der Waals surface area contributed by atoms with Crippen molar-refractivity contribution in [3.05, 3.63) is 0 Å². The maximum absolute atomic E-state index is 11.9. The average molecular weight is 213 g/mol. The molecule has 0 aliphatic carbocycles. The zero-order valence-corrected chi connectivity index (χ0v) is 9.83. The van der Waals surface area contributed by atoms with E-state index in [9.17, 15) is 9.59 Å². The second-order valence-corrected chi connectivity index (χ2v) is 4.88. The van der Waals surface area contributed by atoms with Gasteiger partial charge >= 0.3 is 12.0 Å². The highest BCUT2D eigenvalue weighted by molar-refractivity contribution is 6.00. The van der Waals surface area contributed by atoms with Gasteiger partial charge in [0, 0.05) is 6.92 Å². The number of aliphatic imine (C=N–C) groups is 1. The number of quaternary nitrogens is 1. The molecular formula is C10H17N2O3+. The first kappa shape index (κ1) is 11.8. The molecule has 0 bridgehead atoms. The van der Waals surface area contributed by atoms with Crippen LogP contribution in [0.2, 0.25) is 0 Å². The Bertz CT molecular complexity index is 341. The van der Waals surface area contributed by atoms with Crippen LogP contribution >= 0.6 is 0 Å². The monoisotopic (exact) mass is 213 g/mol. The van der Waals surface area contributed by atoms with Crippen molar-refractivity contribution in [3.63, 3.8) is 0 Å². The van der Waals surface area contributed by atoms with Gasteiger partial charge in [-0.3, -0.25) is 4.79 Å². The maximum Gasteiger partial charge on any atom is 0.522 e. The first-order valence-corrected chi connectivity index (χ1v) is 4.83. The van der Waals surface area contributed by atoms with Crippen LogP contribution < -0.4 is 0 Å². The van der Waals surface area contributed by atoms with Crippen LogP contribution in [0.3, 0.4) is 0 Å². The molecule has 5 nitrogen and oxygen atoms in total. The van der Waals surface area contributed by atoms with Gasteiger partial charge < -0.3 is 4.74 Å². The number of hydrogen-bond acceptors (Lipinski definition) is 3. The van der Waals surface area contributed by atoms with Gasteiger partial charge in [-0.05, 0) is 20.8 Å². The summed E-state index contributed by atoms with van der Waals surface area (Å²) < 4.78 is 5.07. The van der Waals surface area contributed by atoms with Gasteiger partial charge in [0.2, 0.25) is 5.84 Å². The lowest BCUT2D eigenvalue weighted by molar-refractivity contribution is -0.733. The fraction of sp³-hybridized carbons (Fsp3) is 0.700. The quantitative estimate of drug-likeness (QED) is 0.570. The van der Waals surface area contributed by atoms with Crippen LogP contribution in [-0.2, 0) is 9.53 Å². The predicted octanol–water partition coefficient (Wildman–Crippen LogP) is 1.33. The molecular weight excluding hydrogens is 196 g/mol. The van der Waals surface area contributed by atoms with Gasteiger partial charge in [0.15, 0.2) is 6.54 Å². The van der Waals surface area contributed by atoms with Gasteiger partial charge in [0.05, 0.1) is 7.05 Å². The summed E-state index contributed by atoms with van der Waals surface area (Å²) in [6, 6.07) is 0. The van der Waals surface area contributed by atoms with Gasteiger partial charge in [-0.15, -0.1) is 0 Å². The molecule has 1 unspecified atom stereocenters. The third kappa shape index (κ3) is 2.41. The minimum absolute atomic E-state index is 0.0563. The second kappa shape index (κ2) is 3.41. The number of carbonyl (C=O) groups is 2. The van der Waals surface area contributed by atoms with Crippen LogP contribution in [0.5, 0.6) is 0 Å². The molecule has 0 aromatic rings. The fourth-order valence-corrected chi connectivity index (χ4v) is 1.27. The third-order valence-corrected chi connectivity index (χ3v) is 2.25. The summed E-state index contributed by atoms with van der Waals surface area (Å²) in [5.74, 6) is 0.204. The minimum Gasteiger partial charge on any atom is -0.414 e. The lowest BCUT2D eigenvalue weighted by Gasteiger charge is -2.27. The van der Waals surface area contributed by atoms with E-state index in [1.54, 1.807) is 34.7 Å². The Morgan fingerprint density at radius 3 is 2.33 bits per heavy atom. The lowest BCUT2D eigenvalue weighted by atomic mass is 10.2. The van der Waals surface area contributed by atoms with E-state index in [1.807, 2.05) is 0 Å². The topological polar surface area (TPSA) is 55.7 Å². The van der Waals surface area contributed by atoms with Gasteiger partial charge in [-0.1, -0.05) is 0 Å². The zero-order valence-electron chi connectivity index (χ0n) is 9.83. The number of rotatable bonds is 0. The summed E-state index contributed by atoms with van der Waals surface area (Å²) >= 11 is 0. The number of ether oxygens (including phenoxy) is 1. The average Bonchev–Trinajstić information content (AvgIpc) is 2.23. The molecule has 2 amide bonds. The molecule has 0 fully saturated rings. The maximum atomic E-state index is 11.9. The molecule has 1 aliphatic rings. The van der Waals surface area contributed by atoms with Crippen molar-refractivity contribution in [2.45, 2.75) is 33.3 Å². The van der Waals surface area contributed by atoms with Crippen molar-refractivity contribution < 1.29 is 18.8 Å². The van der Waals surface area contributed by atoms with Gasteiger partial charge in [-0.2, -0.15) is 14.3 Å². The van der Waals surface area contributed by atoms with Crippen molar-refractivity contribution in [2.75, 3.05) is 13.6 Å². The fourth-order valence-electron chi connectivity index (χ4n) is 1.27. The van der Waals surface area contributed by atoms with Crippen LogP contribution in [0.4, 0.5) is 4.79 Å². The highest BCUT2D eigenvalue weighted by Crippen LogP contribution is 2.19. The number of carbonyl (C=O) groups excluding carboxylic acids is 2. The molecule has 0 aromatic carbocycles. The molecule has 0 N–H and O–H groups in total. The standard InChI is InChI=1S/C10H17N2O3/c1-7-11-8(13)6-12(7,5)9(14)15-10(2,3)4/h6H2,1-5H3/q+1. The van der Waals surface area contributed by atoms with E-state index in [0.717, 1.165) is 0 Å². The Morgan fingerprint density at radius 2 is 2.00 bits per heavy atom. The Hall–Kier alpha value is -1.23. The van der Waals surface area contributed by atoms with Crippen molar-refractivity contribution >= 4 is 17.8 Å². The SMILES string of the molecule is CC1=NC(=O)C[N+]1(C)C(=O)OC(C)(C)C. The van der Waals surface area contributed by atoms with E-state index >= 15 is 0 Å². The molecule has 0 radical (unpaired) electrons. The van der Waals surface area contributed by atoms with Crippen LogP contribution in [0.15, 0.2) is 4.99 Å². The Labute approximate surface area is 89.3 Å². The number of amidine groups is 1. The summed E-state index contributed by atoms with van der Waals surface area (Å²) in [6.07, 6.45) is -0.436. The second-order valence-electron chi connectivity index (χ2n) is 4.88. The molecule has 5 heteroatoms. The van der Waals surface area contributed by atoms with Crippen LogP contribution in [0.1, 0.15) is 27.7 Å². The zero-order chi connectivity index (χ0) is 11.9. The van der Waals surface area contributed by atoms with Crippen LogP contribution in [0.25, 0.3) is 0 Å². The Kier molecular flexibility index (Phi) is 2.69. The molecule has 1 atom stereocenters. The molecule has 0 spiro atoms. The molecule has 1 aliphatic heterocycles. The van der Waals surface area contributed by atoms with E-state index < -0.39 is 11.7 Å². The summed E-state index contributed by atoms with van der Waals surface area (Å²) in [6.45, 7) is 7.10. The van der Waals surface area contributed by atoms with Crippen molar-refractivity contribution in [1.82, 2.24) is 0 Å². The number of hydrogen-bond donors (Lipinski definition) is 0. The molecule has 0 saturated heterocycles. The molecule has 0 saturated carbocycles. The van der Waals surface area contributed by atoms with E-state index in [-0.39, 0.29) is 16.9 Å². The van der Waals surface area contributed by atoms with E-state index in [2.05, 4.69) is 4.99 Å². The van der Waals surface area contributed by atoms with E-state index in [1.165, 1.54) is 0 Å². The highest BCUT2D eigenvalue weighted by atomic mass is 16.6. The lowest BCUT2D eigenvalue weighted by Crippen LogP contribution is -2.53. The van der Waals surface area contributed by atoms with Crippen molar-refractivity contribution in [3.8, 4) is 0 Å². The van der Waals surface area contributed by atoms with E-state index in [4.69, 9.17) is 4.74 Å². The Morgan fingerprint density at radius 1 is 1.47 bits per heavy atom. The summed E-state index contributed by atoms with van der Waals surface area (Å²) in [5, 5.41) is 0. The first-order chi connectivity index (χ1) is 6.65. The van der Waals surface area contributed by atoms with Gasteiger partial charge in [0.25, 0.3) is 0 Å². The number of nitrogens with zero attached hydrogens (tertiary/aromatic N) is 2. The number of likely N-dealkylation sites (N-methyl/N-ethyl adjacent to an activating group) is 1. The molecule has 1 rings (SSSR count). The first-order valence-electron chi connectivity index (χ1n) is 4.83. The van der Waals surface area contributed by atoms with Gasteiger partial charge in [0.1, 0.15) is 5.60 Å².